The number of sulfonamides is 1. The van der Waals surface area contributed by atoms with Gasteiger partial charge in [-0.25, -0.2) is 13.1 Å². The van der Waals surface area contributed by atoms with Gasteiger partial charge in [0.25, 0.3) is 0 Å². The third kappa shape index (κ3) is 5.21. The Morgan fingerprint density at radius 3 is 2.30 bits per heavy atom. The van der Waals surface area contributed by atoms with Crippen LogP contribution in [0.15, 0.2) is 47.4 Å². The predicted octanol–water partition coefficient (Wildman–Crippen LogP) is 3.09. The van der Waals surface area contributed by atoms with Crippen LogP contribution in [0.3, 0.4) is 0 Å². The van der Waals surface area contributed by atoms with Crippen LogP contribution in [0.5, 0.6) is 11.5 Å². The Balaban J connectivity index is 2.26. The molecule has 0 saturated carbocycles. The van der Waals surface area contributed by atoms with Gasteiger partial charge in [0.15, 0.2) is 0 Å². The van der Waals surface area contributed by atoms with Crippen molar-refractivity contribution < 1.29 is 22.7 Å². The first kappa shape index (κ1) is 20.7. The molecule has 0 aliphatic carbocycles. The van der Waals surface area contributed by atoms with Gasteiger partial charge >= 0.3 is 0 Å². The van der Waals surface area contributed by atoms with Crippen LogP contribution in [0.2, 0.25) is 0 Å². The van der Waals surface area contributed by atoms with Crippen LogP contribution < -0.4 is 19.5 Å². The average molecular weight is 392 g/mol. The summed E-state index contributed by atoms with van der Waals surface area (Å²) in [6.07, 6.45) is 0.271. The highest BCUT2D eigenvalue weighted by atomic mass is 32.2. The van der Waals surface area contributed by atoms with Gasteiger partial charge in [-0.3, -0.25) is 4.79 Å². The second-order valence-electron chi connectivity index (χ2n) is 5.88. The van der Waals surface area contributed by atoms with Crippen molar-refractivity contribution in [1.82, 2.24) is 4.72 Å². The molecule has 2 N–H and O–H groups in total. The minimum absolute atomic E-state index is 0.0371. The Hall–Kier alpha value is -2.58. The first-order valence-corrected chi connectivity index (χ1v) is 9.93. The van der Waals surface area contributed by atoms with Gasteiger partial charge in [-0.05, 0) is 42.8 Å². The van der Waals surface area contributed by atoms with Crippen LogP contribution in [-0.4, -0.2) is 28.5 Å². The minimum atomic E-state index is -3.80. The molecule has 2 rings (SSSR count). The van der Waals surface area contributed by atoms with Crippen LogP contribution in [0.25, 0.3) is 0 Å². The van der Waals surface area contributed by atoms with Crippen molar-refractivity contribution in [3.8, 4) is 11.5 Å². The van der Waals surface area contributed by atoms with E-state index in [-0.39, 0.29) is 17.2 Å². The van der Waals surface area contributed by atoms with Gasteiger partial charge in [-0.2, -0.15) is 0 Å². The van der Waals surface area contributed by atoms with Crippen LogP contribution in [0.4, 0.5) is 5.69 Å². The second kappa shape index (κ2) is 8.88. The Kier molecular flexibility index (Phi) is 6.81. The molecule has 1 amide bonds. The molecular formula is C19H24N2O5S. The van der Waals surface area contributed by atoms with Crippen molar-refractivity contribution >= 4 is 21.6 Å². The molecule has 0 aliphatic heterocycles. The summed E-state index contributed by atoms with van der Waals surface area (Å²) >= 11 is 0. The zero-order valence-corrected chi connectivity index (χ0v) is 16.6. The number of rotatable bonds is 8. The van der Waals surface area contributed by atoms with Crippen molar-refractivity contribution in [2.75, 3.05) is 19.5 Å². The van der Waals surface area contributed by atoms with Crippen LogP contribution >= 0.6 is 0 Å². The van der Waals surface area contributed by atoms with Crippen molar-refractivity contribution in [2.45, 2.75) is 31.2 Å². The van der Waals surface area contributed by atoms with Crippen molar-refractivity contribution in [3.63, 3.8) is 0 Å². The minimum Gasteiger partial charge on any atom is -0.497 e. The van der Waals surface area contributed by atoms with E-state index in [0.717, 1.165) is 5.56 Å². The third-order valence-corrected chi connectivity index (χ3v) is 5.56. The lowest BCUT2D eigenvalue weighted by Gasteiger charge is -2.16. The molecule has 0 radical (unpaired) electrons. The maximum Gasteiger partial charge on any atom is 0.241 e. The molecule has 27 heavy (non-hydrogen) atoms. The predicted molar refractivity (Wildman–Crippen MR) is 104 cm³/mol. The number of carbonyl (C=O) groups is 1. The lowest BCUT2D eigenvalue weighted by atomic mass is 10.1. The number of benzene rings is 2. The van der Waals surface area contributed by atoms with Crippen LogP contribution in [0.1, 0.15) is 31.9 Å². The van der Waals surface area contributed by atoms with E-state index < -0.39 is 16.1 Å². The maximum atomic E-state index is 12.8. The molecule has 0 heterocycles. The van der Waals surface area contributed by atoms with Gasteiger partial charge in [0.2, 0.25) is 15.9 Å². The van der Waals surface area contributed by atoms with Gasteiger partial charge in [0.1, 0.15) is 11.5 Å². The second-order valence-corrected chi connectivity index (χ2v) is 7.59. The van der Waals surface area contributed by atoms with E-state index in [1.54, 1.807) is 45.2 Å². The maximum absolute atomic E-state index is 12.8. The fourth-order valence-electron chi connectivity index (χ4n) is 2.45. The topological polar surface area (TPSA) is 93.7 Å². The molecule has 0 saturated heterocycles. The smallest absolute Gasteiger partial charge is 0.241 e. The summed E-state index contributed by atoms with van der Waals surface area (Å²) in [5, 5.41) is 2.65. The highest BCUT2D eigenvalue weighted by Crippen LogP contribution is 2.28. The van der Waals surface area contributed by atoms with Gasteiger partial charge in [-0.15, -0.1) is 0 Å². The molecule has 7 nitrogen and oxygen atoms in total. The van der Waals surface area contributed by atoms with Gasteiger partial charge in [0.05, 0.1) is 24.8 Å². The number of ether oxygens (including phenoxy) is 2. The van der Waals surface area contributed by atoms with Crippen LogP contribution in [0, 0.1) is 0 Å². The Labute approximate surface area is 159 Å². The summed E-state index contributed by atoms with van der Waals surface area (Å²) < 4.78 is 38.4. The molecule has 0 unspecified atom stereocenters. The zero-order valence-electron chi connectivity index (χ0n) is 15.8. The SMILES string of the molecule is CCC(=O)Nc1cc(S(=O)(=O)N[C@@H](C)c2ccc(OC)cc2)ccc1OC. The van der Waals surface area contributed by atoms with Gasteiger partial charge < -0.3 is 14.8 Å². The molecule has 1 atom stereocenters. The Morgan fingerprint density at radius 1 is 1.07 bits per heavy atom. The highest BCUT2D eigenvalue weighted by Gasteiger charge is 2.20. The van der Waals surface area contributed by atoms with E-state index in [9.17, 15) is 13.2 Å². The molecule has 0 spiro atoms. The molecule has 0 fully saturated rings. The molecule has 146 valence electrons. The summed E-state index contributed by atoms with van der Waals surface area (Å²) in [5.74, 6) is 0.849. The molecule has 8 heteroatoms. The molecule has 0 bridgehead atoms. The number of carbonyl (C=O) groups excluding carboxylic acids is 1. The van der Waals surface area contributed by atoms with E-state index >= 15 is 0 Å². The standard InChI is InChI=1S/C19H24N2O5S/c1-5-19(22)20-17-12-16(10-11-18(17)26-4)27(23,24)21-13(2)14-6-8-15(25-3)9-7-14/h6-13,21H,5H2,1-4H3,(H,20,22)/t13-/m0/s1. The monoisotopic (exact) mass is 392 g/mol. The normalized spacial score (nSPS) is 12.3. The molecular weight excluding hydrogens is 368 g/mol. The van der Waals surface area contributed by atoms with Gasteiger partial charge in [-0.1, -0.05) is 19.1 Å². The summed E-state index contributed by atoms with van der Waals surface area (Å²) in [5.41, 5.74) is 1.11. The number of anilines is 1. The lowest BCUT2D eigenvalue weighted by Crippen LogP contribution is -2.27. The van der Waals surface area contributed by atoms with Crippen LogP contribution in [-0.2, 0) is 14.8 Å². The largest absolute Gasteiger partial charge is 0.497 e. The van der Waals surface area contributed by atoms with Crippen molar-refractivity contribution in [2.24, 2.45) is 0 Å². The summed E-state index contributed by atoms with van der Waals surface area (Å²) in [4.78, 5) is 11.7. The van der Waals surface area contributed by atoms with E-state index in [1.165, 1.54) is 25.3 Å². The summed E-state index contributed by atoms with van der Waals surface area (Å²) in [7, 11) is -0.779. The average Bonchev–Trinajstić information content (AvgIpc) is 2.67. The first-order valence-electron chi connectivity index (χ1n) is 8.45. The number of methoxy groups -OCH3 is 2. The van der Waals surface area contributed by atoms with Crippen molar-refractivity contribution in [3.05, 3.63) is 48.0 Å². The number of hydrogen-bond donors (Lipinski definition) is 2. The number of amides is 1. The molecule has 0 aromatic heterocycles. The molecule has 2 aromatic carbocycles. The fraction of sp³-hybridized carbons (Fsp3) is 0.316. The Bertz CT molecular complexity index is 895. The van der Waals surface area contributed by atoms with Gasteiger partial charge in [0, 0.05) is 12.5 Å². The highest BCUT2D eigenvalue weighted by molar-refractivity contribution is 7.89. The zero-order chi connectivity index (χ0) is 20.0. The van der Waals surface area contributed by atoms with Crippen molar-refractivity contribution in [1.29, 1.82) is 0 Å². The number of nitrogens with one attached hydrogen (secondary N) is 2. The molecule has 2 aromatic rings. The van der Waals surface area contributed by atoms with E-state index in [4.69, 9.17) is 9.47 Å². The third-order valence-electron chi connectivity index (χ3n) is 4.02. The summed E-state index contributed by atoms with van der Waals surface area (Å²) in [6.45, 7) is 3.46. The van der Waals surface area contributed by atoms with E-state index in [0.29, 0.717) is 17.2 Å². The first-order chi connectivity index (χ1) is 12.8. The number of hydrogen-bond acceptors (Lipinski definition) is 5. The summed E-state index contributed by atoms with van der Waals surface area (Å²) in [6, 6.07) is 11.0. The quantitative estimate of drug-likeness (QED) is 0.720. The fourth-order valence-corrected chi connectivity index (χ4v) is 3.71. The van der Waals surface area contributed by atoms with E-state index in [2.05, 4.69) is 10.0 Å². The molecule has 0 aliphatic rings. The lowest BCUT2D eigenvalue weighted by molar-refractivity contribution is -0.115. The Morgan fingerprint density at radius 2 is 1.74 bits per heavy atom. The van der Waals surface area contributed by atoms with E-state index in [1.807, 2.05) is 0 Å².